The summed E-state index contributed by atoms with van der Waals surface area (Å²) in [6.45, 7) is 0. The first-order chi connectivity index (χ1) is 8.79. The molecule has 0 aliphatic rings. The Bertz CT molecular complexity index is 595. The zero-order valence-electron chi connectivity index (χ0n) is 9.02. The number of allylic oxidation sites excluding steroid dienone is 1. The van der Waals surface area contributed by atoms with E-state index in [9.17, 15) is 13.2 Å². The van der Waals surface area contributed by atoms with Crippen LogP contribution in [0, 0.1) is 26.2 Å². The molecule has 8 heteroatoms. The number of halogens is 5. The van der Waals surface area contributed by atoms with Gasteiger partial charge in [-0.15, -0.1) is 0 Å². The van der Waals surface area contributed by atoms with Gasteiger partial charge in [0.2, 0.25) is 0 Å². The third-order valence-electron chi connectivity index (χ3n) is 1.98. The highest BCUT2D eigenvalue weighted by Crippen LogP contribution is 2.38. The van der Waals surface area contributed by atoms with E-state index < -0.39 is 16.8 Å². The molecule has 19 heavy (non-hydrogen) atoms. The molecule has 0 aromatic heterocycles. The summed E-state index contributed by atoms with van der Waals surface area (Å²) in [7, 11) is 0. The molecule has 1 aromatic carbocycles. The molecular formula is C11H4ClF3IN3. The number of benzene rings is 1. The van der Waals surface area contributed by atoms with Crippen LogP contribution in [0.4, 0.5) is 18.9 Å². The second-order valence-corrected chi connectivity index (χ2v) is 4.81. The summed E-state index contributed by atoms with van der Waals surface area (Å²) in [4.78, 5) is 0. The van der Waals surface area contributed by atoms with E-state index in [1.807, 2.05) is 0 Å². The van der Waals surface area contributed by atoms with E-state index in [2.05, 4.69) is 5.32 Å². The molecule has 1 rings (SSSR count). The van der Waals surface area contributed by atoms with Crippen LogP contribution in [0.15, 0.2) is 23.9 Å². The Morgan fingerprint density at radius 2 is 1.89 bits per heavy atom. The van der Waals surface area contributed by atoms with E-state index in [0.29, 0.717) is 3.57 Å². The smallest absolute Gasteiger partial charge is 0.359 e. The van der Waals surface area contributed by atoms with Crippen molar-refractivity contribution in [1.82, 2.24) is 0 Å². The van der Waals surface area contributed by atoms with Crippen molar-refractivity contribution in [2.75, 3.05) is 5.32 Å². The monoisotopic (exact) mass is 397 g/mol. The van der Waals surface area contributed by atoms with E-state index in [0.717, 1.165) is 18.3 Å². The van der Waals surface area contributed by atoms with Gasteiger partial charge in [-0.2, -0.15) is 23.7 Å². The molecule has 3 nitrogen and oxygen atoms in total. The number of nitrogens with one attached hydrogen (secondary N) is 1. The van der Waals surface area contributed by atoms with Crippen molar-refractivity contribution in [3.05, 3.63) is 38.1 Å². The van der Waals surface area contributed by atoms with Gasteiger partial charge in [0.05, 0.1) is 16.3 Å². The standard InChI is InChI=1S/C11H4ClF3IN3/c12-8-2-9(16)10(1-7(8)11(13,14)15)19-5-6(3-17)4-18/h1-2,5,19H. The van der Waals surface area contributed by atoms with Gasteiger partial charge in [-0.05, 0) is 34.7 Å². The molecule has 0 heterocycles. The molecule has 0 atom stereocenters. The van der Waals surface area contributed by atoms with Gasteiger partial charge in [0.15, 0.2) is 0 Å². The van der Waals surface area contributed by atoms with Crippen molar-refractivity contribution in [3.8, 4) is 12.1 Å². The molecule has 0 unspecified atom stereocenters. The average molecular weight is 398 g/mol. The van der Waals surface area contributed by atoms with Crippen LogP contribution in [0.5, 0.6) is 0 Å². The fourth-order valence-corrected chi connectivity index (χ4v) is 2.19. The zero-order chi connectivity index (χ0) is 14.6. The third-order valence-corrected chi connectivity index (χ3v) is 3.18. The molecule has 0 saturated heterocycles. The van der Waals surface area contributed by atoms with Crippen molar-refractivity contribution in [2.45, 2.75) is 6.18 Å². The van der Waals surface area contributed by atoms with Gasteiger partial charge in [-0.25, -0.2) is 0 Å². The van der Waals surface area contributed by atoms with E-state index in [1.54, 1.807) is 34.7 Å². The van der Waals surface area contributed by atoms with Gasteiger partial charge >= 0.3 is 6.18 Å². The van der Waals surface area contributed by atoms with E-state index in [4.69, 9.17) is 22.1 Å². The number of alkyl halides is 3. The Labute approximate surface area is 125 Å². The Morgan fingerprint density at radius 1 is 1.32 bits per heavy atom. The Balaban J connectivity index is 3.21. The predicted octanol–water partition coefficient (Wildman–Crippen LogP) is 4.31. The Hall–Kier alpha value is -1.45. The molecule has 0 aliphatic carbocycles. The minimum atomic E-state index is -4.57. The average Bonchev–Trinajstić information content (AvgIpc) is 2.31. The maximum atomic E-state index is 12.7. The third kappa shape index (κ3) is 4.01. The van der Waals surface area contributed by atoms with Crippen molar-refractivity contribution < 1.29 is 13.2 Å². The second kappa shape index (κ2) is 6.13. The largest absolute Gasteiger partial charge is 0.417 e. The Kier molecular flexibility index (Phi) is 5.04. The topological polar surface area (TPSA) is 59.6 Å². The molecular weight excluding hydrogens is 393 g/mol. The van der Waals surface area contributed by atoms with Crippen molar-refractivity contribution in [2.24, 2.45) is 0 Å². The lowest BCUT2D eigenvalue weighted by molar-refractivity contribution is -0.137. The van der Waals surface area contributed by atoms with Gasteiger partial charge in [-0.3, -0.25) is 0 Å². The molecule has 0 aliphatic heterocycles. The van der Waals surface area contributed by atoms with Crippen LogP contribution < -0.4 is 5.32 Å². The summed E-state index contributed by atoms with van der Waals surface area (Å²) >= 11 is 7.32. The van der Waals surface area contributed by atoms with Crippen LogP contribution >= 0.6 is 34.2 Å². The first kappa shape index (κ1) is 15.6. The first-order valence-corrected chi connectivity index (χ1v) is 6.08. The maximum Gasteiger partial charge on any atom is 0.417 e. The van der Waals surface area contributed by atoms with Crippen LogP contribution in [-0.4, -0.2) is 0 Å². The van der Waals surface area contributed by atoms with Gasteiger partial charge in [-0.1, -0.05) is 11.6 Å². The number of hydrogen-bond donors (Lipinski definition) is 1. The Morgan fingerprint density at radius 3 is 2.37 bits per heavy atom. The van der Waals surface area contributed by atoms with Crippen LogP contribution in [0.2, 0.25) is 5.02 Å². The highest BCUT2D eigenvalue weighted by Gasteiger charge is 2.33. The van der Waals surface area contributed by atoms with Crippen molar-refractivity contribution >= 4 is 39.9 Å². The van der Waals surface area contributed by atoms with Crippen molar-refractivity contribution in [3.63, 3.8) is 0 Å². The van der Waals surface area contributed by atoms with Gasteiger partial charge < -0.3 is 5.32 Å². The normalized spacial score (nSPS) is 10.3. The summed E-state index contributed by atoms with van der Waals surface area (Å²) in [5, 5.41) is 19.1. The lowest BCUT2D eigenvalue weighted by Gasteiger charge is -2.12. The first-order valence-electron chi connectivity index (χ1n) is 4.62. The summed E-state index contributed by atoms with van der Waals surface area (Å²) in [5.74, 6) is 0. The highest BCUT2D eigenvalue weighted by molar-refractivity contribution is 14.1. The number of rotatable bonds is 2. The SMILES string of the molecule is N#CC(C#N)=CNc1cc(C(F)(F)F)c(Cl)cc1I. The zero-order valence-corrected chi connectivity index (χ0v) is 11.9. The summed E-state index contributed by atoms with van der Waals surface area (Å²) in [6, 6.07) is 5.15. The molecule has 98 valence electrons. The van der Waals surface area contributed by atoms with E-state index in [-0.39, 0.29) is 11.3 Å². The maximum absolute atomic E-state index is 12.7. The number of nitrogens with zero attached hydrogens (tertiary/aromatic N) is 2. The molecule has 0 amide bonds. The summed E-state index contributed by atoms with van der Waals surface area (Å²) in [6.07, 6.45) is -3.54. The molecule has 1 N–H and O–H groups in total. The highest BCUT2D eigenvalue weighted by atomic mass is 127. The summed E-state index contributed by atoms with van der Waals surface area (Å²) in [5.41, 5.74) is -1.12. The lowest BCUT2D eigenvalue weighted by Crippen LogP contribution is -2.07. The second-order valence-electron chi connectivity index (χ2n) is 3.24. The quantitative estimate of drug-likeness (QED) is 0.598. The molecule has 0 spiro atoms. The van der Waals surface area contributed by atoms with Crippen LogP contribution in [-0.2, 0) is 6.18 Å². The minimum absolute atomic E-state index is 0.111. The molecule has 0 fully saturated rings. The van der Waals surface area contributed by atoms with Gasteiger partial charge in [0.25, 0.3) is 0 Å². The fraction of sp³-hybridized carbons (Fsp3) is 0.0909. The van der Waals surface area contributed by atoms with E-state index >= 15 is 0 Å². The van der Waals surface area contributed by atoms with Crippen LogP contribution in [0.1, 0.15) is 5.56 Å². The lowest BCUT2D eigenvalue weighted by atomic mass is 10.2. The minimum Gasteiger partial charge on any atom is -0.359 e. The molecule has 1 aromatic rings. The number of nitriles is 2. The number of anilines is 1. The molecule has 0 bridgehead atoms. The number of hydrogen-bond acceptors (Lipinski definition) is 3. The van der Waals surface area contributed by atoms with Gasteiger partial charge in [0, 0.05) is 9.77 Å². The molecule has 0 radical (unpaired) electrons. The van der Waals surface area contributed by atoms with E-state index in [1.165, 1.54) is 0 Å². The predicted molar refractivity (Wildman–Crippen MR) is 72.1 cm³/mol. The van der Waals surface area contributed by atoms with Crippen LogP contribution in [0.25, 0.3) is 0 Å². The fourth-order valence-electron chi connectivity index (χ4n) is 1.12. The van der Waals surface area contributed by atoms with Gasteiger partial charge in [0.1, 0.15) is 17.7 Å². The van der Waals surface area contributed by atoms with Crippen LogP contribution in [0.3, 0.4) is 0 Å². The summed E-state index contributed by atoms with van der Waals surface area (Å²) < 4.78 is 38.4. The van der Waals surface area contributed by atoms with Crippen molar-refractivity contribution in [1.29, 1.82) is 10.5 Å². The molecule has 0 saturated carbocycles.